The van der Waals surface area contributed by atoms with E-state index >= 15 is 0 Å². The van der Waals surface area contributed by atoms with Crippen LogP contribution in [-0.2, 0) is 10.4 Å². The number of rotatable bonds is 1. The Hall–Kier alpha value is -0.280. The minimum atomic E-state index is -4.65. The molecule has 0 amide bonds. The molecule has 0 unspecified atom stereocenters. The Labute approximate surface area is 60.1 Å². The molecule has 1 heterocycles. The van der Waals surface area contributed by atoms with Crippen LogP contribution in [0.25, 0.3) is 0 Å². The lowest BCUT2D eigenvalue weighted by Crippen LogP contribution is -1.89. The molecular formula is C4H5FNO2PS. The zero-order chi connectivity index (χ0) is 7.61. The minimum absolute atomic E-state index is 0.391. The Morgan fingerprint density at radius 1 is 1.70 bits per heavy atom. The van der Waals surface area contributed by atoms with Gasteiger partial charge in [0, 0.05) is 0 Å². The lowest BCUT2D eigenvalue weighted by Gasteiger charge is -1.85. The van der Waals surface area contributed by atoms with Gasteiger partial charge in [0.1, 0.15) is 0 Å². The maximum Gasteiger partial charge on any atom is 0.418 e. The molecule has 56 valence electrons. The summed E-state index contributed by atoms with van der Waals surface area (Å²) in [4.78, 5) is 0. The summed E-state index contributed by atoms with van der Waals surface area (Å²) >= 11 is 0. The van der Waals surface area contributed by atoms with Crippen LogP contribution in [0.5, 0.6) is 0 Å². The monoisotopic (exact) mass is 181 g/mol. The maximum absolute atomic E-state index is 11.8. The summed E-state index contributed by atoms with van der Waals surface area (Å²) in [6, 6.07) is 0. The third-order valence-corrected chi connectivity index (χ3v) is 2.59. The van der Waals surface area contributed by atoms with Crippen LogP contribution in [0, 0.1) is 0 Å². The first kappa shape index (κ1) is 7.82. The van der Waals surface area contributed by atoms with Gasteiger partial charge in [0.15, 0.2) is 0 Å². The first-order valence-corrected chi connectivity index (χ1v) is 4.94. The maximum atomic E-state index is 11.8. The molecule has 0 aromatic carbocycles. The Kier molecular flexibility index (Phi) is 2.16. The van der Waals surface area contributed by atoms with E-state index in [1.54, 1.807) is 0 Å². The van der Waals surface area contributed by atoms with Crippen LogP contribution in [0.2, 0.25) is 0 Å². The van der Waals surface area contributed by atoms with Crippen molar-refractivity contribution in [2.24, 2.45) is 4.40 Å². The fourth-order valence-corrected chi connectivity index (χ4v) is 2.17. The van der Waals surface area contributed by atoms with Gasteiger partial charge in [-0.05, 0) is 12.8 Å². The molecule has 0 saturated carbocycles. The molecule has 3 nitrogen and oxygen atoms in total. The number of hydrogen-bond donors (Lipinski definition) is 0. The Morgan fingerprint density at radius 2 is 2.40 bits per heavy atom. The lowest BCUT2D eigenvalue weighted by molar-refractivity contribution is 0.554. The van der Waals surface area contributed by atoms with E-state index in [1.165, 1.54) is 0 Å². The molecule has 1 aliphatic rings. The normalized spacial score (nSPS) is 23.9. The topological polar surface area (TPSA) is 46.5 Å². The van der Waals surface area contributed by atoms with Crippen molar-refractivity contribution in [1.29, 1.82) is 0 Å². The summed E-state index contributed by atoms with van der Waals surface area (Å²) in [5, 5.41) is 0. The molecule has 0 saturated heterocycles. The second-order valence-corrected chi connectivity index (χ2v) is 3.92. The molecule has 0 aromatic rings. The highest BCUT2D eigenvalue weighted by molar-refractivity contribution is 7.85. The number of halogens is 1. The van der Waals surface area contributed by atoms with Crippen molar-refractivity contribution in [2.75, 3.05) is 0 Å². The summed E-state index contributed by atoms with van der Waals surface area (Å²) in [5.41, 5.74) is 0.391. The average Bonchev–Trinajstić information content (AvgIpc) is 2.12. The van der Waals surface area contributed by atoms with E-state index in [4.69, 9.17) is 0 Å². The minimum Gasteiger partial charge on any atom is -0.170 e. The molecule has 0 aromatic heterocycles. The van der Waals surface area contributed by atoms with Gasteiger partial charge in [-0.15, -0.1) is 4.40 Å². The van der Waals surface area contributed by atoms with Gasteiger partial charge in [-0.3, -0.25) is 0 Å². The second-order valence-electron chi connectivity index (χ2n) is 1.77. The molecule has 1 rings (SSSR count). The largest absolute Gasteiger partial charge is 0.418 e. The van der Waals surface area contributed by atoms with E-state index < -0.39 is 10.4 Å². The zero-order valence-electron chi connectivity index (χ0n) is 4.99. The van der Waals surface area contributed by atoms with Crippen LogP contribution in [0.15, 0.2) is 4.40 Å². The molecular weight excluding hydrogens is 176 g/mol. The van der Waals surface area contributed by atoms with Gasteiger partial charge in [0.05, 0.1) is 5.45 Å². The van der Waals surface area contributed by atoms with Crippen LogP contribution in [0.4, 0.5) is 3.89 Å². The van der Waals surface area contributed by atoms with Crippen LogP contribution in [-0.4, -0.2) is 19.7 Å². The third kappa shape index (κ3) is 2.54. The standard InChI is InChI=1S/C4H5FNO2PS/c5-10(7,8)6-4-2-1-3-9-4/h3H,1-2H2. The number of hydrogen-bond acceptors (Lipinski definition) is 2. The molecule has 6 heteroatoms. The summed E-state index contributed by atoms with van der Waals surface area (Å²) in [5.74, 6) is 1.85. The fraction of sp³-hybridized carbons (Fsp3) is 0.500. The van der Waals surface area contributed by atoms with Gasteiger partial charge in [0.2, 0.25) is 0 Å². The van der Waals surface area contributed by atoms with Gasteiger partial charge in [-0.1, -0.05) is 17.9 Å². The molecule has 0 spiro atoms. The average molecular weight is 181 g/mol. The van der Waals surface area contributed by atoms with Crippen LogP contribution < -0.4 is 0 Å². The summed E-state index contributed by atoms with van der Waals surface area (Å²) < 4.78 is 34.5. The first-order valence-electron chi connectivity index (χ1n) is 2.64. The summed E-state index contributed by atoms with van der Waals surface area (Å²) in [6.45, 7) is 0. The summed E-state index contributed by atoms with van der Waals surface area (Å²) in [6.07, 6.45) is 1.35. The van der Waals surface area contributed by atoms with E-state index in [0.29, 0.717) is 11.9 Å². The summed E-state index contributed by atoms with van der Waals surface area (Å²) in [7, 11) is -3.92. The zero-order valence-corrected chi connectivity index (χ0v) is 6.70. The molecule has 0 atom stereocenters. The van der Waals surface area contributed by atoms with E-state index in [1.807, 2.05) is 5.80 Å². The van der Waals surface area contributed by atoms with E-state index in [-0.39, 0.29) is 0 Å². The predicted octanol–water partition coefficient (Wildman–Crippen LogP) is 1.14. The SMILES string of the molecule is O=S(=O)(F)N=C1CCC=P1. The second kappa shape index (κ2) is 2.76. The van der Waals surface area contributed by atoms with Gasteiger partial charge in [0.25, 0.3) is 0 Å². The van der Waals surface area contributed by atoms with E-state index in [2.05, 4.69) is 4.40 Å². The molecule has 0 radical (unpaired) electrons. The molecule has 10 heavy (non-hydrogen) atoms. The van der Waals surface area contributed by atoms with Crippen molar-refractivity contribution in [3.05, 3.63) is 0 Å². The first-order chi connectivity index (χ1) is 4.58. The van der Waals surface area contributed by atoms with E-state index in [9.17, 15) is 12.3 Å². The Morgan fingerprint density at radius 3 is 2.80 bits per heavy atom. The Bertz CT molecular complexity index is 282. The van der Waals surface area contributed by atoms with Crippen molar-refractivity contribution < 1.29 is 12.3 Å². The lowest BCUT2D eigenvalue weighted by atomic mass is 10.4. The van der Waals surface area contributed by atoms with Gasteiger partial charge in [-0.25, -0.2) is 0 Å². The van der Waals surface area contributed by atoms with Crippen molar-refractivity contribution in [3.8, 4) is 0 Å². The molecule has 0 fully saturated rings. The fourth-order valence-electron chi connectivity index (χ4n) is 0.623. The van der Waals surface area contributed by atoms with Crippen molar-refractivity contribution in [2.45, 2.75) is 12.8 Å². The van der Waals surface area contributed by atoms with Crippen LogP contribution in [0.3, 0.4) is 0 Å². The molecule has 0 N–H and O–H groups in total. The quantitative estimate of drug-likeness (QED) is 0.449. The van der Waals surface area contributed by atoms with Crippen molar-refractivity contribution >= 4 is 29.9 Å². The van der Waals surface area contributed by atoms with Crippen molar-refractivity contribution in [1.82, 2.24) is 0 Å². The van der Waals surface area contributed by atoms with Crippen molar-refractivity contribution in [3.63, 3.8) is 0 Å². The molecule has 0 bridgehead atoms. The number of nitrogens with zero attached hydrogens (tertiary/aromatic N) is 1. The van der Waals surface area contributed by atoms with Gasteiger partial charge >= 0.3 is 10.4 Å². The highest BCUT2D eigenvalue weighted by Crippen LogP contribution is 2.16. The smallest absolute Gasteiger partial charge is 0.170 e. The molecule has 1 aliphatic heterocycles. The van der Waals surface area contributed by atoms with Crippen LogP contribution in [0.1, 0.15) is 12.8 Å². The third-order valence-electron chi connectivity index (χ3n) is 0.952. The van der Waals surface area contributed by atoms with Gasteiger partial charge in [-0.2, -0.15) is 8.42 Å². The van der Waals surface area contributed by atoms with E-state index in [0.717, 1.165) is 14.6 Å². The Balaban J connectivity index is 2.83. The highest BCUT2D eigenvalue weighted by Gasteiger charge is 2.08. The molecule has 0 aliphatic carbocycles. The highest BCUT2D eigenvalue weighted by atomic mass is 32.3. The predicted molar refractivity (Wildman–Crippen MR) is 39.7 cm³/mol. The van der Waals surface area contributed by atoms with Gasteiger partial charge < -0.3 is 0 Å². The van der Waals surface area contributed by atoms with Crippen LogP contribution >= 0.6 is 8.20 Å².